The third-order valence-corrected chi connectivity index (χ3v) is 6.62. The van der Waals surface area contributed by atoms with Gasteiger partial charge in [-0.25, -0.2) is 0 Å². The van der Waals surface area contributed by atoms with E-state index in [1.807, 2.05) is 72.8 Å². The monoisotopic (exact) mass is 505 g/mol. The lowest BCUT2D eigenvalue weighted by molar-refractivity contribution is 0.971. The van der Waals surface area contributed by atoms with Crippen molar-refractivity contribution in [3.05, 3.63) is 140 Å². The molecule has 0 atom stereocenters. The van der Waals surface area contributed by atoms with Gasteiger partial charge >= 0.3 is 0 Å². The first-order valence-electron chi connectivity index (χ1n) is 12.7. The van der Waals surface area contributed by atoms with Crippen LogP contribution in [0.3, 0.4) is 0 Å². The number of rotatable bonds is 3. The van der Waals surface area contributed by atoms with Crippen LogP contribution in [0.15, 0.2) is 140 Å². The molecule has 0 fully saturated rings. The van der Waals surface area contributed by atoms with Crippen LogP contribution >= 0.6 is 0 Å². The molecular formula is C32H23N7. The van der Waals surface area contributed by atoms with Gasteiger partial charge in [-0.1, -0.05) is 60.7 Å². The third kappa shape index (κ3) is 4.22. The van der Waals surface area contributed by atoms with Gasteiger partial charge in [0.05, 0.1) is 23.8 Å². The highest BCUT2D eigenvalue weighted by Gasteiger charge is 2.23. The molecule has 0 amide bonds. The van der Waals surface area contributed by atoms with Crippen LogP contribution in [0.1, 0.15) is 0 Å². The summed E-state index contributed by atoms with van der Waals surface area (Å²) in [4.78, 5) is 6.36. The zero-order valence-corrected chi connectivity index (χ0v) is 20.9. The smallest absolute Gasteiger partial charge is 0.162 e. The summed E-state index contributed by atoms with van der Waals surface area (Å²) in [7, 11) is 0. The van der Waals surface area contributed by atoms with Crippen molar-refractivity contribution >= 4 is 51.4 Å². The minimum atomic E-state index is 0.668. The predicted octanol–water partition coefficient (Wildman–Crippen LogP) is 7.99. The van der Waals surface area contributed by atoms with E-state index in [-0.39, 0.29) is 0 Å². The van der Waals surface area contributed by atoms with E-state index < -0.39 is 0 Å². The lowest BCUT2D eigenvalue weighted by Gasteiger charge is -2.31. The van der Waals surface area contributed by atoms with Crippen molar-refractivity contribution in [2.75, 3.05) is 14.7 Å². The molecule has 4 aromatic carbocycles. The van der Waals surface area contributed by atoms with Crippen LogP contribution in [0.25, 0.3) is 0 Å². The number of anilines is 9. The highest BCUT2D eigenvalue weighted by Crippen LogP contribution is 2.43. The Bertz CT molecular complexity index is 1460. The summed E-state index contributed by atoms with van der Waals surface area (Å²) in [6.07, 6.45) is 3.55. The summed E-state index contributed by atoms with van der Waals surface area (Å²) >= 11 is 0. The van der Waals surface area contributed by atoms with Crippen LogP contribution in [0, 0.1) is 0 Å². The van der Waals surface area contributed by atoms with E-state index in [1.54, 1.807) is 12.4 Å². The topological polar surface area (TPSA) is 61.3 Å². The zero-order valence-electron chi connectivity index (χ0n) is 20.9. The minimum absolute atomic E-state index is 0.668. The Balaban J connectivity index is 1.55. The molecular weight excluding hydrogens is 482 g/mol. The van der Waals surface area contributed by atoms with E-state index in [1.165, 1.54) is 0 Å². The Morgan fingerprint density at radius 2 is 0.718 bits per heavy atom. The molecule has 186 valence electrons. The number of aromatic nitrogens is 4. The van der Waals surface area contributed by atoms with Crippen molar-refractivity contribution in [1.29, 1.82) is 0 Å². The van der Waals surface area contributed by atoms with Crippen molar-refractivity contribution in [1.82, 2.24) is 20.4 Å². The molecule has 39 heavy (non-hydrogen) atoms. The van der Waals surface area contributed by atoms with Gasteiger partial charge in [-0.3, -0.25) is 9.80 Å². The van der Waals surface area contributed by atoms with Gasteiger partial charge in [-0.2, -0.15) is 10.2 Å². The zero-order chi connectivity index (χ0) is 26.0. The molecule has 3 heterocycles. The molecule has 6 bridgehead atoms. The van der Waals surface area contributed by atoms with E-state index in [0.717, 1.165) is 39.8 Å². The maximum atomic E-state index is 4.58. The van der Waals surface area contributed by atoms with E-state index in [9.17, 15) is 0 Å². The second-order valence-electron chi connectivity index (χ2n) is 9.08. The van der Waals surface area contributed by atoms with E-state index in [0.29, 0.717) is 11.6 Å². The quantitative estimate of drug-likeness (QED) is 0.241. The summed E-state index contributed by atoms with van der Waals surface area (Å²) in [5, 5.41) is 18.0. The third-order valence-electron chi connectivity index (χ3n) is 6.62. The highest BCUT2D eigenvalue weighted by atomic mass is 15.3. The van der Waals surface area contributed by atoms with E-state index in [4.69, 9.17) is 0 Å². The van der Waals surface area contributed by atoms with Crippen LogP contribution in [0.5, 0.6) is 0 Å². The number of benzene rings is 4. The Labute approximate surface area is 226 Å². The average molecular weight is 506 g/mol. The lowest BCUT2D eigenvalue weighted by atomic mass is 10.1. The van der Waals surface area contributed by atoms with Gasteiger partial charge in [0.25, 0.3) is 0 Å². The van der Waals surface area contributed by atoms with Crippen molar-refractivity contribution in [3.63, 3.8) is 0 Å². The first-order valence-corrected chi connectivity index (χ1v) is 12.7. The number of para-hydroxylation sites is 3. The van der Waals surface area contributed by atoms with Gasteiger partial charge in [-0.15, -0.1) is 10.2 Å². The molecule has 7 heteroatoms. The summed E-state index contributed by atoms with van der Waals surface area (Å²) in [6.45, 7) is 0. The SMILES string of the molecule is c1ccc(N2c3cccc(c3)N(c3ccccc3)c3cc(cnn3)N(c3ccccc3)c3cc2cnn3)cc1. The fourth-order valence-electron chi connectivity index (χ4n) is 4.93. The van der Waals surface area contributed by atoms with Crippen LogP contribution in [0.2, 0.25) is 0 Å². The molecule has 0 spiro atoms. The van der Waals surface area contributed by atoms with Gasteiger partial charge in [0, 0.05) is 40.6 Å². The molecule has 7 nitrogen and oxygen atoms in total. The molecule has 0 aliphatic carbocycles. The number of fused-ring (bicyclic) bond motifs is 6. The summed E-state index contributed by atoms with van der Waals surface area (Å²) in [6, 6.07) is 43.1. The Kier molecular flexibility index (Phi) is 5.64. The Morgan fingerprint density at radius 3 is 1.23 bits per heavy atom. The van der Waals surface area contributed by atoms with Crippen LogP contribution in [-0.2, 0) is 0 Å². The maximum absolute atomic E-state index is 4.58. The first kappa shape index (κ1) is 22.6. The van der Waals surface area contributed by atoms with Crippen molar-refractivity contribution in [2.24, 2.45) is 0 Å². The highest BCUT2D eigenvalue weighted by molar-refractivity contribution is 5.85. The molecule has 1 aliphatic rings. The second-order valence-corrected chi connectivity index (χ2v) is 9.08. The molecule has 2 aromatic heterocycles. The lowest BCUT2D eigenvalue weighted by Crippen LogP contribution is -2.18. The van der Waals surface area contributed by atoms with Gasteiger partial charge in [-0.05, 0) is 54.6 Å². The van der Waals surface area contributed by atoms with E-state index in [2.05, 4.69) is 89.7 Å². The summed E-state index contributed by atoms with van der Waals surface area (Å²) in [5.41, 5.74) is 6.58. The number of hydrogen-bond acceptors (Lipinski definition) is 7. The largest absolute Gasteiger partial charge is 0.309 e. The Morgan fingerprint density at radius 1 is 0.333 bits per heavy atom. The van der Waals surface area contributed by atoms with Gasteiger partial charge in [0.1, 0.15) is 0 Å². The van der Waals surface area contributed by atoms with Gasteiger partial charge in [0.2, 0.25) is 0 Å². The van der Waals surface area contributed by atoms with Gasteiger partial charge in [0.15, 0.2) is 11.6 Å². The summed E-state index contributed by atoms with van der Waals surface area (Å²) < 4.78 is 0. The molecule has 6 aromatic rings. The molecule has 7 rings (SSSR count). The number of hydrogen-bond donors (Lipinski definition) is 0. The van der Waals surface area contributed by atoms with Crippen LogP contribution < -0.4 is 14.7 Å². The molecule has 0 N–H and O–H groups in total. The number of nitrogens with zero attached hydrogens (tertiary/aromatic N) is 7. The molecule has 0 unspecified atom stereocenters. The molecule has 0 saturated carbocycles. The van der Waals surface area contributed by atoms with Crippen LogP contribution in [0.4, 0.5) is 51.4 Å². The van der Waals surface area contributed by atoms with E-state index >= 15 is 0 Å². The molecule has 0 radical (unpaired) electrons. The normalized spacial score (nSPS) is 12.5. The fourth-order valence-corrected chi connectivity index (χ4v) is 4.93. The maximum Gasteiger partial charge on any atom is 0.162 e. The summed E-state index contributed by atoms with van der Waals surface area (Å²) in [5.74, 6) is 1.36. The molecule has 1 aliphatic heterocycles. The standard InChI is InChI=1S/C32H23N7/c1-4-11-24(12-5-1)37-27-17-10-18-28(19-27)38(25-13-6-2-7-14-25)31-21-30(23-34-35-31)39(26-15-8-3-9-16-26)32-20-29(37)22-33-36-32/h1-23H. The molecule has 0 saturated heterocycles. The predicted molar refractivity (Wildman–Crippen MR) is 155 cm³/mol. The minimum Gasteiger partial charge on any atom is -0.309 e. The Hall–Kier alpha value is -5.56. The van der Waals surface area contributed by atoms with Crippen molar-refractivity contribution in [3.8, 4) is 0 Å². The second kappa shape index (κ2) is 9.72. The fraction of sp³-hybridized carbons (Fsp3) is 0. The van der Waals surface area contributed by atoms with Crippen LogP contribution in [-0.4, -0.2) is 20.4 Å². The van der Waals surface area contributed by atoms with Gasteiger partial charge < -0.3 is 4.90 Å². The van der Waals surface area contributed by atoms with Crippen molar-refractivity contribution < 1.29 is 0 Å². The first-order chi connectivity index (χ1) is 19.3. The average Bonchev–Trinajstić information content (AvgIpc) is 3.00. The van der Waals surface area contributed by atoms with Crippen molar-refractivity contribution in [2.45, 2.75) is 0 Å².